The molecule has 22 heavy (non-hydrogen) atoms. The van der Waals surface area contributed by atoms with Gasteiger partial charge in [-0.05, 0) is 44.9 Å². The Balaban J connectivity index is 1.76. The number of ketones is 1. The number of esters is 1. The molecule has 0 spiro atoms. The number of carbonyl (C=O) groups excluding carboxylic acids is 2. The number of ether oxygens (including phenoxy) is 1. The molecule has 0 amide bonds. The van der Waals surface area contributed by atoms with Crippen molar-refractivity contribution in [3.8, 4) is 0 Å². The van der Waals surface area contributed by atoms with Crippen molar-refractivity contribution in [3.05, 3.63) is 0 Å². The molecule has 3 unspecified atom stereocenters. The molecule has 4 saturated carbocycles. The normalized spacial score (nSPS) is 38.0. The van der Waals surface area contributed by atoms with Gasteiger partial charge in [-0.3, -0.25) is 9.59 Å². The minimum Gasteiger partial charge on any atom is -0.477 e. The third-order valence-electron chi connectivity index (χ3n) is 5.51. The van der Waals surface area contributed by atoms with Crippen LogP contribution in [0.5, 0.6) is 0 Å². The van der Waals surface area contributed by atoms with E-state index in [9.17, 15) is 23.2 Å². The number of rotatable bonds is 4. The van der Waals surface area contributed by atoms with Crippen molar-refractivity contribution in [3.63, 3.8) is 0 Å². The van der Waals surface area contributed by atoms with Crippen molar-refractivity contribution in [1.29, 1.82) is 0 Å². The number of carboxylic acids is 1. The van der Waals surface area contributed by atoms with E-state index in [0.717, 1.165) is 19.8 Å². The quantitative estimate of drug-likeness (QED) is 0.803. The maximum absolute atomic E-state index is 13.4. The minimum absolute atomic E-state index is 0.172. The van der Waals surface area contributed by atoms with Crippen LogP contribution in [0.15, 0.2) is 0 Å². The Hall–Kier alpha value is -1.53. The molecular formula is C15H18F2O5. The number of alkyl halides is 2. The smallest absolute Gasteiger partial charge is 0.378 e. The average molecular weight is 316 g/mol. The highest BCUT2D eigenvalue weighted by molar-refractivity contribution is 5.90. The summed E-state index contributed by atoms with van der Waals surface area (Å²) in [7, 11) is 0. The molecule has 4 fully saturated rings. The Labute approximate surface area is 126 Å². The number of halogens is 2. The molecule has 4 aliphatic carbocycles. The van der Waals surface area contributed by atoms with E-state index in [0.29, 0.717) is 19.3 Å². The monoisotopic (exact) mass is 316 g/mol. The molecule has 0 saturated heterocycles. The Bertz CT molecular complexity index is 526. The lowest BCUT2D eigenvalue weighted by molar-refractivity contribution is -0.202. The third kappa shape index (κ3) is 2.13. The Morgan fingerprint density at radius 3 is 2.32 bits per heavy atom. The number of aliphatic carboxylic acids is 1. The number of carboxylic acid groups (broad SMARTS) is 1. The highest BCUT2D eigenvalue weighted by Gasteiger charge is 2.60. The van der Waals surface area contributed by atoms with Crippen LogP contribution in [0, 0.1) is 23.2 Å². The second kappa shape index (κ2) is 4.73. The van der Waals surface area contributed by atoms with Gasteiger partial charge in [0.05, 0.1) is 5.41 Å². The van der Waals surface area contributed by atoms with E-state index >= 15 is 0 Å². The molecule has 0 radical (unpaired) electrons. The molecule has 0 aromatic heterocycles. The molecule has 3 atom stereocenters. The van der Waals surface area contributed by atoms with Gasteiger partial charge in [0.25, 0.3) is 0 Å². The summed E-state index contributed by atoms with van der Waals surface area (Å²) in [5, 5.41) is 8.51. The summed E-state index contributed by atoms with van der Waals surface area (Å²) in [5.74, 6) is -7.10. The van der Waals surface area contributed by atoms with Crippen molar-refractivity contribution in [2.45, 2.75) is 51.1 Å². The van der Waals surface area contributed by atoms with Crippen molar-refractivity contribution < 1.29 is 33.0 Å². The number of hydrogen-bond donors (Lipinski definition) is 1. The zero-order valence-electron chi connectivity index (χ0n) is 12.2. The first-order chi connectivity index (χ1) is 10.2. The predicted molar refractivity (Wildman–Crippen MR) is 69.1 cm³/mol. The van der Waals surface area contributed by atoms with Crippen LogP contribution in [0.4, 0.5) is 8.78 Å². The van der Waals surface area contributed by atoms with E-state index in [1.54, 1.807) is 0 Å². The zero-order chi connectivity index (χ0) is 16.3. The summed E-state index contributed by atoms with van der Waals surface area (Å²) >= 11 is 0. The van der Waals surface area contributed by atoms with Gasteiger partial charge in [0, 0.05) is 11.8 Å². The van der Waals surface area contributed by atoms with Crippen LogP contribution in [0.25, 0.3) is 0 Å². The van der Waals surface area contributed by atoms with E-state index in [2.05, 4.69) is 0 Å². The van der Waals surface area contributed by atoms with E-state index in [-0.39, 0.29) is 23.5 Å². The first-order valence-electron chi connectivity index (χ1n) is 7.52. The van der Waals surface area contributed by atoms with Crippen molar-refractivity contribution in [2.24, 2.45) is 23.2 Å². The van der Waals surface area contributed by atoms with E-state index in [1.165, 1.54) is 0 Å². The number of hydrogen-bond acceptors (Lipinski definition) is 4. The average Bonchev–Trinajstić information content (AvgIpc) is 2.43. The standard InChI is InChI=1S/C15H18F2O5/c1-7(15(16,17)12(19)20)22-13(21)14-4-8-2-9(5-14)11(18)10(3-8)6-14/h7-10H,2-6H2,1H3,(H,19,20). The second-order valence-electron chi connectivity index (χ2n) is 7.00. The molecular weight excluding hydrogens is 298 g/mol. The maximum Gasteiger partial charge on any atom is 0.378 e. The number of Topliss-reactive ketones (excluding diaryl/α,β-unsaturated/α-hetero) is 1. The van der Waals surface area contributed by atoms with Crippen LogP contribution in [-0.2, 0) is 19.1 Å². The van der Waals surface area contributed by atoms with E-state index in [4.69, 9.17) is 9.84 Å². The first kappa shape index (κ1) is 15.4. The third-order valence-corrected chi connectivity index (χ3v) is 5.51. The number of carbonyl (C=O) groups is 3. The molecule has 4 aliphatic rings. The van der Waals surface area contributed by atoms with Crippen molar-refractivity contribution in [1.82, 2.24) is 0 Å². The van der Waals surface area contributed by atoms with Gasteiger partial charge in [-0.1, -0.05) is 0 Å². The molecule has 0 aliphatic heterocycles. The van der Waals surface area contributed by atoms with Crippen LogP contribution in [0.1, 0.15) is 39.0 Å². The first-order valence-corrected chi connectivity index (χ1v) is 7.52. The molecule has 0 aromatic carbocycles. The predicted octanol–water partition coefficient (Wildman–Crippen LogP) is 2.03. The molecule has 5 nitrogen and oxygen atoms in total. The summed E-state index contributed by atoms with van der Waals surface area (Å²) in [5.41, 5.74) is -0.882. The summed E-state index contributed by atoms with van der Waals surface area (Å²) in [6.07, 6.45) is 0.765. The molecule has 7 heteroatoms. The van der Waals surface area contributed by atoms with Crippen LogP contribution in [-0.4, -0.2) is 34.9 Å². The lowest BCUT2D eigenvalue weighted by Crippen LogP contribution is -2.56. The highest BCUT2D eigenvalue weighted by atomic mass is 19.3. The Morgan fingerprint density at radius 2 is 1.82 bits per heavy atom. The van der Waals surface area contributed by atoms with Crippen molar-refractivity contribution in [2.75, 3.05) is 0 Å². The topological polar surface area (TPSA) is 80.7 Å². The molecule has 1 N–H and O–H groups in total. The van der Waals surface area contributed by atoms with Gasteiger partial charge in [0.1, 0.15) is 5.78 Å². The fourth-order valence-corrected chi connectivity index (χ4v) is 4.53. The van der Waals surface area contributed by atoms with Gasteiger partial charge in [-0.25, -0.2) is 4.79 Å². The van der Waals surface area contributed by atoms with Gasteiger partial charge >= 0.3 is 17.9 Å². The van der Waals surface area contributed by atoms with Gasteiger partial charge in [-0.2, -0.15) is 8.78 Å². The summed E-state index contributed by atoms with van der Waals surface area (Å²) in [6, 6.07) is 0. The fourth-order valence-electron chi connectivity index (χ4n) is 4.53. The summed E-state index contributed by atoms with van der Waals surface area (Å²) in [6.45, 7) is 0.887. The lowest BCUT2D eigenvalue weighted by Gasteiger charge is -2.54. The maximum atomic E-state index is 13.4. The van der Waals surface area contributed by atoms with Gasteiger partial charge in [0.2, 0.25) is 0 Å². The zero-order valence-corrected chi connectivity index (χ0v) is 12.2. The van der Waals surface area contributed by atoms with Gasteiger partial charge in [0.15, 0.2) is 6.10 Å². The van der Waals surface area contributed by atoms with Crippen molar-refractivity contribution >= 4 is 17.7 Å². The molecule has 122 valence electrons. The molecule has 4 bridgehead atoms. The minimum atomic E-state index is -4.12. The largest absolute Gasteiger partial charge is 0.477 e. The SMILES string of the molecule is CC(OC(=O)C12CC3CC(C1)C(=O)C(C3)C2)C(F)(F)C(=O)O. The second-order valence-corrected chi connectivity index (χ2v) is 7.00. The van der Waals surface area contributed by atoms with Crippen LogP contribution in [0.2, 0.25) is 0 Å². The molecule has 0 aromatic rings. The van der Waals surface area contributed by atoms with Crippen LogP contribution < -0.4 is 0 Å². The molecule has 0 heterocycles. The summed E-state index contributed by atoms with van der Waals surface area (Å²) < 4.78 is 31.6. The van der Waals surface area contributed by atoms with Crippen LogP contribution in [0.3, 0.4) is 0 Å². The van der Waals surface area contributed by atoms with Crippen LogP contribution >= 0.6 is 0 Å². The Kier molecular flexibility index (Phi) is 3.30. The van der Waals surface area contributed by atoms with Gasteiger partial charge < -0.3 is 9.84 Å². The fraction of sp³-hybridized carbons (Fsp3) is 0.800. The highest BCUT2D eigenvalue weighted by Crippen LogP contribution is 2.59. The Morgan fingerprint density at radius 1 is 1.27 bits per heavy atom. The summed E-state index contributed by atoms with van der Waals surface area (Å²) in [4.78, 5) is 35.0. The molecule has 4 rings (SSSR count). The lowest BCUT2D eigenvalue weighted by atomic mass is 9.49. The van der Waals surface area contributed by atoms with E-state index < -0.39 is 29.4 Å². The van der Waals surface area contributed by atoms with E-state index in [1.807, 2.05) is 0 Å². The van der Waals surface area contributed by atoms with Gasteiger partial charge in [-0.15, -0.1) is 0 Å².